The molecule has 1 heterocycles. The molecule has 1 aromatic heterocycles. The summed E-state index contributed by atoms with van der Waals surface area (Å²) < 4.78 is 0.999. The number of hydrogen-bond acceptors (Lipinski definition) is 5. The second kappa shape index (κ2) is 6.95. The molecule has 4 nitrogen and oxygen atoms in total. The summed E-state index contributed by atoms with van der Waals surface area (Å²) >= 11 is 2.89. The number of aryl methyl sites for hydroxylation is 1. The number of hydrogen-bond donors (Lipinski definition) is 2. The van der Waals surface area contributed by atoms with E-state index < -0.39 is 0 Å². The number of nitrogens with two attached hydrogens (primary N) is 1. The van der Waals surface area contributed by atoms with Crippen molar-refractivity contribution in [2.45, 2.75) is 30.9 Å². The van der Waals surface area contributed by atoms with Gasteiger partial charge in [-0.25, -0.2) is 4.98 Å². The molecule has 1 amide bonds. The second-order valence-electron chi connectivity index (χ2n) is 5.04. The number of carbonyl (C=O) groups excluding carboxylic acids is 1. The molecule has 0 unspecified atom stereocenters. The monoisotopic (exact) mass is 321 g/mol. The molecular formula is C15H19N3OS2. The highest BCUT2D eigenvalue weighted by Crippen LogP contribution is 2.30. The molecule has 0 atom stereocenters. The zero-order valence-corrected chi connectivity index (χ0v) is 14.0. The average Bonchev–Trinajstić information content (AvgIpc) is 2.75. The maximum absolute atomic E-state index is 12.0. The SMILES string of the molecule is Cc1nc(N)sc1SCC(=O)Nc1cccc(C(C)C)c1. The van der Waals surface area contributed by atoms with Crippen LogP contribution in [0.2, 0.25) is 0 Å². The predicted molar refractivity (Wildman–Crippen MR) is 91.1 cm³/mol. The molecule has 2 aromatic rings. The largest absolute Gasteiger partial charge is 0.375 e. The number of thioether (sulfide) groups is 1. The molecule has 6 heteroatoms. The Bertz CT molecular complexity index is 638. The molecule has 21 heavy (non-hydrogen) atoms. The summed E-state index contributed by atoms with van der Waals surface area (Å²) in [5, 5.41) is 3.47. The van der Waals surface area contributed by atoms with Crippen LogP contribution in [-0.2, 0) is 4.79 Å². The van der Waals surface area contributed by atoms with Gasteiger partial charge in [0.15, 0.2) is 5.13 Å². The van der Waals surface area contributed by atoms with Crippen LogP contribution >= 0.6 is 23.1 Å². The quantitative estimate of drug-likeness (QED) is 0.820. The van der Waals surface area contributed by atoms with Gasteiger partial charge < -0.3 is 11.1 Å². The summed E-state index contributed by atoms with van der Waals surface area (Å²) in [4.78, 5) is 16.2. The van der Waals surface area contributed by atoms with Gasteiger partial charge in [0.25, 0.3) is 0 Å². The van der Waals surface area contributed by atoms with Gasteiger partial charge in [-0.05, 0) is 30.5 Å². The maximum Gasteiger partial charge on any atom is 0.234 e. The molecular weight excluding hydrogens is 302 g/mol. The Labute approximate surface area is 133 Å². The number of nitrogen functional groups attached to an aromatic ring is 1. The highest BCUT2D eigenvalue weighted by Gasteiger charge is 2.10. The lowest BCUT2D eigenvalue weighted by Crippen LogP contribution is -2.14. The van der Waals surface area contributed by atoms with Gasteiger partial charge in [0, 0.05) is 5.69 Å². The first kappa shape index (κ1) is 15.9. The van der Waals surface area contributed by atoms with Crippen LogP contribution in [0.4, 0.5) is 10.8 Å². The van der Waals surface area contributed by atoms with Crippen molar-refractivity contribution in [3.8, 4) is 0 Å². The van der Waals surface area contributed by atoms with Crippen LogP contribution in [0.15, 0.2) is 28.5 Å². The molecule has 0 saturated carbocycles. The van der Waals surface area contributed by atoms with E-state index in [1.807, 2.05) is 25.1 Å². The fraction of sp³-hybridized carbons (Fsp3) is 0.333. The molecule has 3 N–H and O–H groups in total. The van der Waals surface area contributed by atoms with Gasteiger partial charge in [0.05, 0.1) is 15.7 Å². The molecule has 0 aliphatic carbocycles. The van der Waals surface area contributed by atoms with Crippen LogP contribution in [0, 0.1) is 6.92 Å². The summed E-state index contributed by atoms with van der Waals surface area (Å²) in [6.45, 7) is 6.17. The molecule has 0 aliphatic rings. The standard InChI is InChI=1S/C15H19N3OS2/c1-9(2)11-5-4-6-12(7-11)18-13(19)8-20-14-10(3)17-15(16)21-14/h4-7,9H,8H2,1-3H3,(H2,16,17)(H,18,19). The number of thiazole rings is 1. The van der Waals surface area contributed by atoms with Crippen molar-refractivity contribution in [2.75, 3.05) is 16.8 Å². The fourth-order valence-corrected chi connectivity index (χ4v) is 3.66. The Balaban J connectivity index is 1.93. The lowest BCUT2D eigenvalue weighted by Gasteiger charge is -2.09. The molecule has 112 valence electrons. The lowest BCUT2D eigenvalue weighted by atomic mass is 10.0. The lowest BCUT2D eigenvalue weighted by molar-refractivity contribution is -0.113. The Morgan fingerprint density at radius 3 is 2.86 bits per heavy atom. The number of carbonyl (C=O) groups is 1. The summed E-state index contributed by atoms with van der Waals surface area (Å²) in [6.07, 6.45) is 0. The number of nitrogens with zero attached hydrogens (tertiary/aromatic N) is 1. The summed E-state index contributed by atoms with van der Waals surface area (Å²) in [5.41, 5.74) is 8.59. The van der Waals surface area contributed by atoms with E-state index in [0.29, 0.717) is 16.8 Å². The molecule has 0 spiro atoms. The first-order valence-corrected chi connectivity index (χ1v) is 8.51. The predicted octanol–water partition coefficient (Wildman–Crippen LogP) is 3.89. The van der Waals surface area contributed by atoms with Gasteiger partial charge in [-0.1, -0.05) is 37.3 Å². The third kappa shape index (κ3) is 4.47. The molecule has 0 bridgehead atoms. The Kier molecular flexibility index (Phi) is 5.25. The van der Waals surface area contributed by atoms with Crippen molar-refractivity contribution in [1.82, 2.24) is 4.98 Å². The smallest absolute Gasteiger partial charge is 0.234 e. The van der Waals surface area contributed by atoms with Gasteiger partial charge in [-0.3, -0.25) is 4.79 Å². The highest BCUT2D eigenvalue weighted by molar-refractivity contribution is 8.01. The molecule has 0 aliphatic heterocycles. The Morgan fingerprint density at radius 2 is 2.24 bits per heavy atom. The van der Waals surface area contributed by atoms with Crippen molar-refractivity contribution >= 4 is 39.8 Å². The van der Waals surface area contributed by atoms with Crippen molar-refractivity contribution in [3.05, 3.63) is 35.5 Å². The van der Waals surface area contributed by atoms with Crippen molar-refractivity contribution in [2.24, 2.45) is 0 Å². The van der Waals surface area contributed by atoms with Gasteiger partial charge >= 0.3 is 0 Å². The van der Waals surface area contributed by atoms with Crippen molar-refractivity contribution in [3.63, 3.8) is 0 Å². The van der Waals surface area contributed by atoms with Crippen LogP contribution in [0.1, 0.15) is 31.0 Å². The first-order valence-electron chi connectivity index (χ1n) is 6.71. The minimum Gasteiger partial charge on any atom is -0.375 e. The Morgan fingerprint density at radius 1 is 1.48 bits per heavy atom. The van der Waals surface area contributed by atoms with E-state index in [-0.39, 0.29) is 5.91 Å². The zero-order valence-electron chi connectivity index (χ0n) is 12.3. The fourth-order valence-electron chi connectivity index (χ4n) is 1.84. The van der Waals surface area contributed by atoms with E-state index in [0.717, 1.165) is 15.6 Å². The summed E-state index contributed by atoms with van der Waals surface area (Å²) in [5.74, 6) is 0.778. The van der Waals surface area contributed by atoms with Crippen molar-refractivity contribution < 1.29 is 4.79 Å². The van der Waals surface area contributed by atoms with Crippen LogP contribution in [-0.4, -0.2) is 16.6 Å². The number of nitrogens with one attached hydrogen (secondary N) is 1. The van der Waals surface area contributed by atoms with Gasteiger partial charge in [0.2, 0.25) is 5.91 Å². The zero-order chi connectivity index (χ0) is 15.4. The van der Waals surface area contributed by atoms with E-state index in [1.165, 1.54) is 28.7 Å². The van der Waals surface area contributed by atoms with E-state index in [2.05, 4.69) is 30.2 Å². The van der Waals surface area contributed by atoms with E-state index in [4.69, 9.17) is 5.73 Å². The normalized spacial score (nSPS) is 10.9. The third-order valence-corrected chi connectivity index (χ3v) is 5.29. The number of benzene rings is 1. The summed E-state index contributed by atoms with van der Waals surface area (Å²) in [7, 11) is 0. The minimum absolute atomic E-state index is 0.0210. The van der Waals surface area contributed by atoms with E-state index in [1.54, 1.807) is 0 Å². The Hall–Kier alpha value is -1.53. The molecule has 2 rings (SSSR count). The molecule has 0 fully saturated rings. The van der Waals surface area contributed by atoms with Gasteiger partial charge in [-0.15, -0.1) is 11.8 Å². The highest BCUT2D eigenvalue weighted by atomic mass is 32.2. The number of anilines is 2. The van der Waals surface area contributed by atoms with Crippen LogP contribution in [0.3, 0.4) is 0 Å². The molecule has 1 aromatic carbocycles. The topological polar surface area (TPSA) is 68.0 Å². The third-order valence-electron chi connectivity index (χ3n) is 2.94. The number of rotatable bonds is 5. The van der Waals surface area contributed by atoms with E-state index >= 15 is 0 Å². The van der Waals surface area contributed by atoms with Crippen molar-refractivity contribution in [1.29, 1.82) is 0 Å². The maximum atomic E-state index is 12.0. The molecule has 0 saturated heterocycles. The number of amides is 1. The number of aromatic nitrogens is 1. The van der Waals surface area contributed by atoms with Crippen LogP contribution in [0.25, 0.3) is 0 Å². The van der Waals surface area contributed by atoms with Gasteiger partial charge in [-0.2, -0.15) is 0 Å². The minimum atomic E-state index is -0.0210. The van der Waals surface area contributed by atoms with Gasteiger partial charge in [0.1, 0.15) is 0 Å². The van der Waals surface area contributed by atoms with Crippen LogP contribution < -0.4 is 11.1 Å². The van der Waals surface area contributed by atoms with Crippen LogP contribution in [0.5, 0.6) is 0 Å². The van der Waals surface area contributed by atoms with E-state index in [9.17, 15) is 4.79 Å². The second-order valence-corrected chi connectivity index (χ2v) is 7.32. The summed E-state index contributed by atoms with van der Waals surface area (Å²) in [6, 6.07) is 7.96. The first-order chi connectivity index (χ1) is 9.95. The average molecular weight is 321 g/mol. The molecule has 0 radical (unpaired) electrons.